The van der Waals surface area contributed by atoms with Crippen LogP contribution in [0.3, 0.4) is 0 Å². The summed E-state index contributed by atoms with van der Waals surface area (Å²) in [5, 5.41) is 49.8. The van der Waals surface area contributed by atoms with E-state index < -0.39 is 64.4 Å². The van der Waals surface area contributed by atoms with E-state index in [1.54, 1.807) is 0 Å². The first-order valence-electron chi connectivity index (χ1n) is 6.62. The Morgan fingerprint density at radius 2 is 1.88 bits per heavy atom. The molecule has 1 aromatic rings. The van der Waals surface area contributed by atoms with Crippen molar-refractivity contribution in [2.45, 2.75) is 30.8 Å². The molecular weight excluding hydrogens is 335 g/mol. The fourth-order valence-corrected chi connectivity index (χ4v) is 2.13. The number of nitro benzene ring substituents is 2. The van der Waals surface area contributed by atoms with Crippen LogP contribution in [0.2, 0.25) is 0 Å². The molecule has 0 radical (unpaired) electrons. The summed E-state index contributed by atoms with van der Waals surface area (Å²) in [6, 6.07) is 2.42. The fraction of sp³-hybridized carbons (Fsp3) is 0.500. The van der Waals surface area contributed by atoms with E-state index in [4.69, 9.17) is 14.6 Å². The van der Waals surface area contributed by atoms with Gasteiger partial charge in [0.05, 0.1) is 22.5 Å². The Morgan fingerprint density at radius 3 is 2.42 bits per heavy atom. The molecule has 0 aromatic heterocycles. The van der Waals surface area contributed by atoms with Gasteiger partial charge in [-0.2, -0.15) is 0 Å². The van der Waals surface area contributed by atoms with Gasteiger partial charge in [0.25, 0.3) is 5.69 Å². The van der Waals surface area contributed by atoms with Crippen LogP contribution in [-0.2, 0) is 4.74 Å². The maximum absolute atomic E-state index is 14.0. The molecule has 2 rings (SSSR count). The second-order valence-electron chi connectivity index (χ2n) is 4.94. The zero-order valence-electron chi connectivity index (χ0n) is 11.9. The largest absolute Gasteiger partial charge is 0.454 e. The maximum Gasteiger partial charge on any atom is 0.317 e. The van der Waals surface area contributed by atoms with Gasteiger partial charge in [0.15, 0.2) is 6.17 Å². The smallest absolute Gasteiger partial charge is 0.317 e. The number of aliphatic hydroxyl groups is 3. The van der Waals surface area contributed by atoms with Crippen LogP contribution >= 0.6 is 0 Å². The molecule has 1 heterocycles. The molecule has 5 atom stereocenters. The second kappa shape index (κ2) is 7.00. The normalized spacial score (nSPS) is 29.9. The van der Waals surface area contributed by atoms with Crippen LogP contribution in [0.25, 0.3) is 0 Å². The standard InChI is InChI=1S/C12H13FN2O9/c13-9-11(18)10(17)8(4-16)24-12(9)23-7-2-1-5(14(19)20)3-6(7)15(21)22/h1-3,8-12,16-18H,4H2/t8-,9-,10+,11-,12-/m0/s1. The zero-order chi connectivity index (χ0) is 18.0. The molecule has 1 aromatic carbocycles. The predicted octanol–water partition coefficient (Wildman–Crippen LogP) is -0.341. The molecule has 24 heavy (non-hydrogen) atoms. The third-order valence-corrected chi connectivity index (χ3v) is 3.40. The second-order valence-corrected chi connectivity index (χ2v) is 4.94. The minimum Gasteiger partial charge on any atom is -0.454 e. The summed E-state index contributed by atoms with van der Waals surface area (Å²) in [5.74, 6) is -0.529. The molecule has 1 aliphatic rings. The van der Waals surface area contributed by atoms with Crippen LogP contribution in [0.15, 0.2) is 18.2 Å². The lowest BCUT2D eigenvalue weighted by atomic mass is 10.0. The number of hydrogen-bond donors (Lipinski definition) is 3. The lowest BCUT2D eigenvalue weighted by Gasteiger charge is -2.38. The summed E-state index contributed by atoms with van der Waals surface area (Å²) in [6.45, 7) is -0.757. The molecule has 132 valence electrons. The number of hydrogen-bond acceptors (Lipinski definition) is 9. The van der Waals surface area contributed by atoms with E-state index in [2.05, 4.69) is 0 Å². The molecule has 0 unspecified atom stereocenters. The average Bonchev–Trinajstić information content (AvgIpc) is 2.55. The molecule has 12 heteroatoms. The van der Waals surface area contributed by atoms with Crippen LogP contribution in [-0.4, -0.2) is 62.5 Å². The number of nitrogens with zero attached hydrogens (tertiary/aromatic N) is 2. The number of halogens is 1. The van der Waals surface area contributed by atoms with Crippen molar-refractivity contribution in [2.75, 3.05) is 6.61 Å². The minimum absolute atomic E-state index is 0.529. The SMILES string of the molecule is O=[N+]([O-])c1ccc(O[C@H]2O[C@@H](CO)[C@@H](O)[C@@H](O)[C@@H]2F)c([N+](=O)[O-])c1. The molecule has 1 saturated heterocycles. The first-order chi connectivity index (χ1) is 11.3. The van der Waals surface area contributed by atoms with Gasteiger partial charge in [-0.05, 0) is 6.07 Å². The van der Waals surface area contributed by atoms with Gasteiger partial charge in [-0.15, -0.1) is 0 Å². The van der Waals surface area contributed by atoms with E-state index >= 15 is 0 Å². The third-order valence-electron chi connectivity index (χ3n) is 3.40. The first-order valence-corrected chi connectivity index (χ1v) is 6.62. The Bertz CT molecular complexity index is 641. The van der Waals surface area contributed by atoms with E-state index in [0.717, 1.165) is 12.1 Å². The Hall–Kier alpha value is -2.41. The van der Waals surface area contributed by atoms with Gasteiger partial charge in [-0.1, -0.05) is 0 Å². The van der Waals surface area contributed by atoms with Crippen molar-refractivity contribution in [3.63, 3.8) is 0 Å². The molecule has 0 saturated carbocycles. The van der Waals surface area contributed by atoms with Crippen LogP contribution in [0, 0.1) is 20.2 Å². The zero-order valence-corrected chi connectivity index (χ0v) is 11.9. The fourth-order valence-electron chi connectivity index (χ4n) is 2.13. The molecule has 0 bridgehead atoms. The lowest BCUT2D eigenvalue weighted by Crippen LogP contribution is -2.58. The van der Waals surface area contributed by atoms with Crippen molar-refractivity contribution in [2.24, 2.45) is 0 Å². The highest BCUT2D eigenvalue weighted by Crippen LogP contribution is 2.34. The molecule has 11 nitrogen and oxygen atoms in total. The number of ether oxygens (including phenoxy) is 2. The highest BCUT2D eigenvalue weighted by molar-refractivity contribution is 5.53. The summed E-state index contributed by atoms with van der Waals surface area (Å²) in [5.41, 5.74) is -1.37. The summed E-state index contributed by atoms with van der Waals surface area (Å²) in [7, 11) is 0. The Morgan fingerprint density at radius 1 is 1.21 bits per heavy atom. The van der Waals surface area contributed by atoms with E-state index in [9.17, 15) is 34.8 Å². The topological polar surface area (TPSA) is 165 Å². The maximum atomic E-state index is 14.0. The molecule has 1 fully saturated rings. The number of nitro groups is 2. The summed E-state index contributed by atoms with van der Waals surface area (Å²) in [6.07, 6.45) is -9.15. The molecule has 0 amide bonds. The van der Waals surface area contributed by atoms with Gasteiger partial charge in [0.2, 0.25) is 12.0 Å². The van der Waals surface area contributed by atoms with Gasteiger partial charge in [0.1, 0.15) is 18.3 Å². The van der Waals surface area contributed by atoms with Crippen molar-refractivity contribution in [3.05, 3.63) is 38.4 Å². The van der Waals surface area contributed by atoms with E-state index in [1.165, 1.54) is 0 Å². The highest BCUT2D eigenvalue weighted by atomic mass is 19.1. The highest BCUT2D eigenvalue weighted by Gasteiger charge is 2.46. The van der Waals surface area contributed by atoms with Crippen LogP contribution in [0.1, 0.15) is 0 Å². The number of rotatable bonds is 5. The number of aliphatic hydroxyl groups excluding tert-OH is 3. The molecular formula is C12H13FN2O9. The molecule has 1 aliphatic heterocycles. The predicted molar refractivity (Wildman–Crippen MR) is 73.0 cm³/mol. The van der Waals surface area contributed by atoms with Crippen molar-refractivity contribution in [1.29, 1.82) is 0 Å². The summed E-state index contributed by atoms with van der Waals surface area (Å²) in [4.78, 5) is 19.8. The van der Waals surface area contributed by atoms with Crippen LogP contribution in [0.5, 0.6) is 5.75 Å². The number of benzene rings is 1. The van der Waals surface area contributed by atoms with Gasteiger partial charge in [-0.25, -0.2) is 4.39 Å². The van der Waals surface area contributed by atoms with Crippen molar-refractivity contribution >= 4 is 11.4 Å². The van der Waals surface area contributed by atoms with Crippen LogP contribution in [0.4, 0.5) is 15.8 Å². The molecule has 0 spiro atoms. The van der Waals surface area contributed by atoms with Gasteiger partial charge < -0.3 is 24.8 Å². The quantitative estimate of drug-likeness (QED) is 0.476. The number of non-ortho nitro benzene ring substituents is 1. The van der Waals surface area contributed by atoms with E-state index in [-0.39, 0.29) is 0 Å². The van der Waals surface area contributed by atoms with Crippen molar-refractivity contribution in [3.8, 4) is 5.75 Å². The lowest BCUT2D eigenvalue weighted by molar-refractivity contribution is -0.395. The Balaban J connectivity index is 2.29. The van der Waals surface area contributed by atoms with Crippen molar-refractivity contribution in [1.82, 2.24) is 0 Å². The van der Waals surface area contributed by atoms with E-state index in [0.29, 0.717) is 6.07 Å². The Kier molecular flexibility index (Phi) is 5.23. The molecule has 0 aliphatic carbocycles. The van der Waals surface area contributed by atoms with Crippen LogP contribution < -0.4 is 4.74 Å². The number of alkyl halides is 1. The summed E-state index contributed by atoms with van der Waals surface area (Å²) >= 11 is 0. The minimum atomic E-state index is -2.27. The first kappa shape index (κ1) is 17.9. The summed E-state index contributed by atoms with van der Waals surface area (Å²) < 4.78 is 23.9. The van der Waals surface area contributed by atoms with Gasteiger partial charge in [0, 0.05) is 6.07 Å². The monoisotopic (exact) mass is 348 g/mol. The Labute approximate surface area is 133 Å². The van der Waals surface area contributed by atoms with Gasteiger partial charge in [-0.3, -0.25) is 20.2 Å². The van der Waals surface area contributed by atoms with Crippen molar-refractivity contribution < 1.29 is 39.0 Å². The average molecular weight is 348 g/mol. The third kappa shape index (κ3) is 3.41. The van der Waals surface area contributed by atoms with E-state index in [1.807, 2.05) is 0 Å². The van der Waals surface area contributed by atoms with Gasteiger partial charge >= 0.3 is 5.69 Å². The molecule has 3 N–H and O–H groups in total.